The first-order chi connectivity index (χ1) is 9.46. The second-order valence-corrected chi connectivity index (χ2v) is 10.3. The quantitative estimate of drug-likeness (QED) is 0.769. The maximum atomic E-state index is 5.79. The molecule has 0 radical (unpaired) electrons. The van der Waals surface area contributed by atoms with Gasteiger partial charge in [0.2, 0.25) is 0 Å². The van der Waals surface area contributed by atoms with Gasteiger partial charge < -0.3 is 9.30 Å². The Balaban J connectivity index is 2.02. The van der Waals surface area contributed by atoms with E-state index in [2.05, 4.69) is 28.7 Å². The van der Waals surface area contributed by atoms with Crippen LogP contribution in [-0.4, -0.2) is 45.7 Å². The molecule has 0 aromatic carbocycles. The molecule has 0 bridgehead atoms. The van der Waals surface area contributed by atoms with Crippen LogP contribution in [0.2, 0.25) is 0 Å². The number of nitrogens with zero attached hydrogens (tertiary/aromatic N) is 3. The van der Waals surface area contributed by atoms with E-state index in [0.29, 0.717) is 6.73 Å². The third-order valence-electron chi connectivity index (χ3n) is 2.89. The molecule has 2 aromatic rings. The third kappa shape index (κ3) is 4.35. The minimum Gasteiger partial charge on any atom is -0.360 e. The van der Waals surface area contributed by atoms with Crippen molar-refractivity contribution >= 4 is 10.0 Å². The van der Waals surface area contributed by atoms with Crippen molar-refractivity contribution in [2.24, 2.45) is 0 Å². The monoisotopic (exact) mass is 293 g/mol. The highest BCUT2D eigenvalue weighted by Crippen LogP contribution is 2.33. The Bertz CT molecular complexity index is 546. The zero-order chi connectivity index (χ0) is 14.6. The molecule has 4 nitrogen and oxygen atoms in total. The Hall–Kier alpha value is -1.33. The van der Waals surface area contributed by atoms with Gasteiger partial charge in [-0.15, -0.1) is 0 Å². The summed E-state index contributed by atoms with van der Waals surface area (Å²) < 4.78 is 7.84. The fourth-order valence-electron chi connectivity index (χ4n) is 1.84. The maximum Gasteiger partial charge on any atom is 0.143 e. The van der Waals surface area contributed by atoms with E-state index in [1.807, 2.05) is 36.0 Å². The normalized spacial score (nSPS) is 12.6. The van der Waals surface area contributed by atoms with Crippen molar-refractivity contribution < 1.29 is 4.74 Å². The summed E-state index contributed by atoms with van der Waals surface area (Å²) in [5.74, 6) is 2.04. The first-order valence-electron chi connectivity index (χ1n) is 6.64. The topological polar surface area (TPSA) is 39.9 Å². The predicted octanol–water partition coefficient (Wildman–Crippen LogP) is 2.92. The summed E-state index contributed by atoms with van der Waals surface area (Å²) >= 11 is 0. The Morgan fingerprint density at radius 2 is 2.10 bits per heavy atom. The summed E-state index contributed by atoms with van der Waals surface area (Å²) in [6.07, 6.45) is 12.5. The number of rotatable bonds is 6. The Labute approximate surface area is 122 Å². The van der Waals surface area contributed by atoms with Crippen LogP contribution in [0.25, 0.3) is 11.4 Å². The number of pyridine rings is 1. The van der Waals surface area contributed by atoms with E-state index in [-0.39, 0.29) is 0 Å². The van der Waals surface area contributed by atoms with Crippen LogP contribution < -0.4 is 0 Å². The Morgan fingerprint density at radius 3 is 2.75 bits per heavy atom. The van der Waals surface area contributed by atoms with Crippen molar-refractivity contribution in [2.45, 2.75) is 13.7 Å². The van der Waals surface area contributed by atoms with E-state index in [1.54, 1.807) is 6.20 Å². The van der Waals surface area contributed by atoms with Crippen LogP contribution in [0.5, 0.6) is 0 Å². The number of imidazole rings is 1. The largest absolute Gasteiger partial charge is 0.360 e. The average Bonchev–Trinajstić information content (AvgIpc) is 2.76. The van der Waals surface area contributed by atoms with Crippen LogP contribution in [0.4, 0.5) is 0 Å². The maximum absolute atomic E-state index is 5.79. The van der Waals surface area contributed by atoms with Gasteiger partial charge in [-0.3, -0.25) is 4.98 Å². The van der Waals surface area contributed by atoms with E-state index >= 15 is 0 Å². The third-order valence-corrected chi connectivity index (χ3v) is 4.28. The van der Waals surface area contributed by atoms with Crippen molar-refractivity contribution in [3.63, 3.8) is 0 Å². The van der Waals surface area contributed by atoms with Gasteiger partial charge in [-0.2, -0.15) is 0 Å². The molecule has 0 unspecified atom stereocenters. The number of aryl methyl sites for hydroxylation is 1. The summed E-state index contributed by atoms with van der Waals surface area (Å²) in [5.41, 5.74) is 2.01. The van der Waals surface area contributed by atoms with Crippen molar-refractivity contribution in [3.05, 3.63) is 36.4 Å². The molecule has 0 fully saturated rings. The highest BCUT2D eigenvalue weighted by atomic mass is 32.3. The van der Waals surface area contributed by atoms with E-state index < -0.39 is 10.0 Å². The minimum absolute atomic E-state index is 0.496. The summed E-state index contributed by atoms with van der Waals surface area (Å²) in [4.78, 5) is 8.71. The molecule has 0 aliphatic carbocycles. The smallest absolute Gasteiger partial charge is 0.143 e. The molecule has 0 saturated heterocycles. The van der Waals surface area contributed by atoms with E-state index in [0.717, 1.165) is 29.4 Å². The highest BCUT2D eigenvalue weighted by Gasteiger charge is 2.09. The summed E-state index contributed by atoms with van der Waals surface area (Å²) in [6.45, 7) is 3.33. The average molecular weight is 293 g/mol. The summed E-state index contributed by atoms with van der Waals surface area (Å²) in [6, 6.07) is 3.94. The molecular formula is C15H23N3OS. The highest BCUT2D eigenvalue weighted by molar-refractivity contribution is 8.32. The molecule has 2 aromatic heterocycles. The molecule has 0 aliphatic rings. The Kier molecular flexibility index (Phi) is 4.83. The fourth-order valence-corrected chi connectivity index (χ4v) is 2.46. The molecule has 0 spiro atoms. The van der Waals surface area contributed by atoms with Crippen molar-refractivity contribution in [1.29, 1.82) is 0 Å². The molecule has 0 N–H and O–H groups in total. The lowest BCUT2D eigenvalue weighted by Gasteiger charge is -2.24. The Morgan fingerprint density at radius 1 is 1.30 bits per heavy atom. The van der Waals surface area contributed by atoms with Crippen LogP contribution in [0.15, 0.2) is 30.7 Å². The zero-order valence-corrected chi connectivity index (χ0v) is 13.5. The van der Waals surface area contributed by atoms with Crippen LogP contribution in [0.3, 0.4) is 0 Å². The standard InChI is InChI=1S/C15H23N3OS/c1-13-11-18(12-19-8-9-20(2,3)4)15(17-13)14-6-5-7-16-10-14/h5-7,10-11H,8-9,12H2,1-4H3. The molecule has 20 heavy (non-hydrogen) atoms. The van der Waals surface area contributed by atoms with Crippen LogP contribution in [0.1, 0.15) is 5.69 Å². The first-order valence-corrected chi connectivity index (χ1v) is 9.66. The number of hydrogen-bond acceptors (Lipinski definition) is 3. The van der Waals surface area contributed by atoms with E-state index in [4.69, 9.17) is 4.74 Å². The molecule has 0 atom stereocenters. The van der Waals surface area contributed by atoms with Gasteiger partial charge >= 0.3 is 0 Å². The lowest BCUT2D eigenvalue weighted by Crippen LogP contribution is -2.10. The van der Waals surface area contributed by atoms with Gasteiger partial charge in [-0.05, 0) is 37.8 Å². The van der Waals surface area contributed by atoms with Crippen LogP contribution >= 0.6 is 10.0 Å². The van der Waals surface area contributed by atoms with Crippen LogP contribution in [0, 0.1) is 6.92 Å². The fraction of sp³-hybridized carbons (Fsp3) is 0.467. The van der Waals surface area contributed by atoms with Gasteiger partial charge in [0.1, 0.15) is 12.6 Å². The van der Waals surface area contributed by atoms with E-state index in [1.165, 1.54) is 0 Å². The molecule has 110 valence electrons. The number of ether oxygens (including phenoxy) is 1. The van der Waals surface area contributed by atoms with Crippen molar-refractivity contribution in [1.82, 2.24) is 14.5 Å². The van der Waals surface area contributed by atoms with Gasteiger partial charge in [0.15, 0.2) is 0 Å². The van der Waals surface area contributed by atoms with Crippen molar-refractivity contribution in [2.75, 3.05) is 31.1 Å². The predicted molar refractivity (Wildman–Crippen MR) is 86.4 cm³/mol. The van der Waals surface area contributed by atoms with Crippen LogP contribution in [-0.2, 0) is 11.5 Å². The molecule has 2 rings (SSSR count). The first kappa shape index (κ1) is 15.1. The van der Waals surface area contributed by atoms with E-state index in [9.17, 15) is 0 Å². The van der Waals surface area contributed by atoms with Gasteiger partial charge in [0, 0.05) is 29.9 Å². The lowest BCUT2D eigenvalue weighted by atomic mass is 10.3. The molecule has 0 amide bonds. The second kappa shape index (κ2) is 6.41. The van der Waals surface area contributed by atoms with Gasteiger partial charge in [0.25, 0.3) is 0 Å². The van der Waals surface area contributed by atoms with Crippen molar-refractivity contribution in [3.8, 4) is 11.4 Å². The second-order valence-electron chi connectivity index (χ2n) is 5.75. The SMILES string of the molecule is Cc1cn(COCCS(C)(C)C)c(-c2cccnc2)n1. The molecular weight excluding hydrogens is 270 g/mol. The van der Waals surface area contributed by atoms with Gasteiger partial charge in [0.05, 0.1) is 12.3 Å². The lowest BCUT2D eigenvalue weighted by molar-refractivity contribution is 0.0907. The molecule has 0 aliphatic heterocycles. The number of hydrogen-bond donors (Lipinski definition) is 0. The molecule has 0 saturated carbocycles. The summed E-state index contributed by atoms with van der Waals surface area (Å²) in [5, 5.41) is 0. The van der Waals surface area contributed by atoms with Gasteiger partial charge in [-0.25, -0.2) is 15.0 Å². The van der Waals surface area contributed by atoms with Gasteiger partial charge in [-0.1, -0.05) is 0 Å². The minimum atomic E-state index is -0.496. The molecule has 5 heteroatoms. The number of aromatic nitrogens is 3. The summed E-state index contributed by atoms with van der Waals surface area (Å²) in [7, 11) is -0.496. The molecule has 2 heterocycles. The zero-order valence-electron chi connectivity index (χ0n) is 12.7.